The van der Waals surface area contributed by atoms with Crippen molar-refractivity contribution in [3.05, 3.63) is 11.7 Å². The Hall–Kier alpha value is -1.38. The van der Waals surface area contributed by atoms with Crippen molar-refractivity contribution in [2.45, 2.75) is 17.9 Å². The second kappa shape index (κ2) is 4.47. The zero-order chi connectivity index (χ0) is 12.5. The Labute approximate surface area is 105 Å². The van der Waals surface area contributed by atoms with Crippen LogP contribution in [0.5, 0.6) is 0 Å². The SMILES string of the molecule is CC(=O)NC1(Cl)NON=C1c1noc(CCl)n1. The molecule has 10 heteroatoms. The van der Waals surface area contributed by atoms with Crippen LogP contribution in [0, 0.1) is 0 Å². The Balaban J connectivity index is 2.27. The first kappa shape index (κ1) is 12.1. The lowest BCUT2D eigenvalue weighted by molar-refractivity contribution is -0.120. The van der Waals surface area contributed by atoms with Gasteiger partial charge in [0.15, 0.2) is 5.71 Å². The van der Waals surface area contributed by atoms with Gasteiger partial charge in [0.05, 0.1) is 0 Å². The topological polar surface area (TPSA) is 102 Å². The summed E-state index contributed by atoms with van der Waals surface area (Å²) in [5.41, 5.74) is 2.39. The third-order valence-corrected chi connectivity index (χ3v) is 2.37. The van der Waals surface area contributed by atoms with E-state index in [-0.39, 0.29) is 29.2 Å². The minimum absolute atomic E-state index is 0.0595. The number of hydrogen-bond acceptors (Lipinski definition) is 7. The van der Waals surface area contributed by atoms with Crippen molar-refractivity contribution >= 4 is 34.8 Å². The summed E-state index contributed by atoms with van der Waals surface area (Å²) in [4.78, 5) is 19.5. The number of oxime groups is 1. The van der Waals surface area contributed by atoms with Gasteiger partial charge >= 0.3 is 0 Å². The molecule has 2 heterocycles. The van der Waals surface area contributed by atoms with Crippen molar-refractivity contribution in [1.29, 1.82) is 0 Å². The highest BCUT2D eigenvalue weighted by Gasteiger charge is 2.44. The summed E-state index contributed by atoms with van der Waals surface area (Å²) in [5, 5.41) is 8.08. The van der Waals surface area contributed by atoms with Crippen LogP contribution in [0.2, 0.25) is 0 Å². The molecule has 1 aromatic rings. The standard InChI is InChI=1S/C7H7Cl2N5O3/c1-3(15)11-7(9)5(12-17-14-7)6-10-4(2-8)16-13-6/h14H,2H2,1H3,(H,11,15). The number of hydrogen-bond donors (Lipinski definition) is 2. The number of rotatable bonds is 3. The summed E-state index contributed by atoms with van der Waals surface area (Å²) in [5.74, 6) is -0.0384. The highest BCUT2D eigenvalue weighted by atomic mass is 35.5. The second-order valence-corrected chi connectivity index (χ2v) is 3.95. The van der Waals surface area contributed by atoms with Crippen molar-refractivity contribution in [3.8, 4) is 0 Å². The number of amides is 1. The number of hydroxylamine groups is 1. The Morgan fingerprint density at radius 3 is 3.00 bits per heavy atom. The van der Waals surface area contributed by atoms with Gasteiger partial charge in [-0.3, -0.25) is 9.73 Å². The number of nitrogens with zero attached hydrogens (tertiary/aromatic N) is 3. The lowest BCUT2D eigenvalue weighted by Crippen LogP contribution is -2.56. The second-order valence-electron chi connectivity index (χ2n) is 3.12. The maximum Gasteiger partial charge on any atom is 0.252 e. The van der Waals surface area contributed by atoms with E-state index in [1.165, 1.54) is 6.92 Å². The normalized spacial score (nSPS) is 23.1. The fraction of sp³-hybridized carbons (Fsp3) is 0.429. The van der Waals surface area contributed by atoms with Crippen LogP contribution in [0.15, 0.2) is 9.68 Å². The fourth-order valence-electron chi connectivity index (χ4n) is 1.17. The first-order valence-corrected chi connectivity index (χ1v) is 5.34. The molecule has 8 nitrogen and oxygen atoms in total. The number of nitrogens with one attached hydrogen (secondary N) is 2. The molecule has 2 rings (SSSR count). The molecular formula is C7H7Cl2N5O3. The van der Waals surface area contributed by atoms with Gasteiger partial charge in [-0.2, -0.15) is 4.98 Å². The quantitative estimate of drug-likeness (QED) is 0.600. The van der Waals surface area contributed by atoms with Gasteiger partial charge in [0, 0.05) is 6.92 Å². The average Bonchev–Trinajstić information content (AvgIpc) is 2.82. The van der Waals surface area contributed by atoms with Crippen LogP contribution in [-0.4, -0.2) is 26.9 Å². The van der Waals surface area contributed by atoms with Crippen molar-refractivity contribution < 1.29 is 14.3 Å². The molecule has 0 aromatic carbocycles. The Bertz CT molecular complexity index is 476. The van der Waals surface area contributed by atoms with Gasteiger partial charge in [0.1, 0.15) is 5.88 Å². The largest absolute Gasteiger partial charge is 0.338 e. The summed E-state index contributed by atoms with van der Waals surface area (Å²) < 4.78 is 4.80. The Morgan fingerprint density at radius 1 is 1.65 bits per heavy atom. The smallest absolute Gasteiger partial charge is 0.252 e. The van der Waals surface area contributed by atoms with Gasteiger partial charge < -0.3 is 9.84 Å². The zero-order valence-electron chi connectivity index (χ0n) is 8.53. The number of carbonyl (C=O) groups is 1. The van der Waals surface area contributed by atoms with Gasteiger partial charge in [-0.1, -0.05) is 27.4 Å². The molecule has 17 heavy (non-hydrogen) atoms. The van der Waals surface area contributed by atoms with Crippen LogP contribution in [0.25, 0.3) is 0 Å². The molecule has 1 atom stereocenters. The van der Waals surface area contributed by atoms with Gasteiger partial charge in [0.2, 0.25) is 17.6 Å². The van der Waals surface area contributed by atoms with E-state index in [9.17, 15) is 4.79 Å². The summed E-state index contributed by atoms with van der Waals surface area (Å²) in [6.07, 6.45) is 0. The first-order valence-electron chi connectivity index (χ1n) is 4.43. The van der Waals surface area contributed by atoms with Crippen LogP contribution in [-0.2, 0) is 15.6 Å². The predicted molar refractivity (Wildman–Crippen MR) is 57.0 cm³/mol. The van der Waals surface area contributed by atoms with Crippen LogP contribution in [0.4, 0.5) is 0 Å². The van der Waals surface area contributed by atoms with E-state index >= 15 is 0 Å². The third kappa shape index (κ3) is 2.33. The highest BCUT2D eigenvalue weighted by molar-refractivity contribution is 6.39. The lowest BCUT2D eigenvalue weighted by atomic mass is 10.2. The molecule has 0 fully saturated rings. The summed E-state index contributed by atoms with van der Waals surface area (Å²) in [7, 11) is 0. The monoisotopic (exact) mass is 279 g/mol. The van der Waals surface area contributed by atoms with E-state index in [0.29, 0.717) is 0 Å². The molecule has 0 radical (unpaired) electrons. The van der Waals surface area contributed by atoms with E-state index in [4.69, 9.17) is 27.7 Å². The molecule has 2 N–H and O–H groups in total. The summed E-state index contributed by atoms with van der Waals surface area (Å²) in [6, 6.07) is 0. The molecule has 0 saturated carbocycles. The Kier molecular flexibility index (Phi) is 3.18. The molecule has 92 valence electrons. The zero-order valence-corrected chi connectivity index (χ0v) is 10.0. The van der Waals surface area contributed by atoms with Gasteiger partial charge in [-0.05, 0) is 0 Å². The molecule has 1 aromatic heterocycles. The van der Waals surface area contributed by atoms with E-state index in [2.05, 4.69) is 31.0 Å². The van der Waals surface area contributed by atoms with Crippen molar-refractivity contribution in [2.24, 2.45) is 5.16 Å². The average molecular weight is 280 g/mol. The van der Waals surface area contributed by atoms with Crippen molar-refractivity contribution in [1.82, 2.24) is 20.9 Å². The van der Waals surface area contributed by atoms with Crippen LogP contribution < -0.4 is 10.8 Å². The third-order valence-electron chi connectivity index (χ3n) is 1.79. The summed E-state index contributed by atoms with van der Waals surface area (Å²) >= 11 is 11.6. The molecule has 0 spiro atoms. The summed E-state index contributed by atoms with van der Waals surface area (Å²) in [6.45, 7) is 1.29. The number of alkyl halides is 2. The minimum Gasteiger partial charge on any atom is -0.338 e. The van der Waals surface area contributed by atoms with Crippen molar-refractivity contribution in [2.75, 3.05) is 0 Å². The molecular weight excluding hydrogens is 273 g/mol. The Morgan fingerprint density at radius 2 is 2.41 bits per heavy atom. The number of aromatic nitrogens is 2. The first-order chi connectivity index (χ1) is 8.05. The van der Waals surface area contributed by atoms with Gasteiger partial charge in [-0.25, -0.2) is 0 Å². The van der Waals surface area contributed by atoms with E-state index in [1.807, 2.05) is 0 Å². The molecule has 1 amide bonds. The van der Waals surface area contributed by atoms with Crippen LogP contribution in [0.1, 0.15) is 18.6 Å². The number of halogens is 2. The van der Waals surface area contributed by atoms with Crippen LogP contribution >= 0.6 is 23.2 Å². The highest BCUT2D eigenvalue weighted by Crippen LogP contribution is 2.20. The molecule has 1 unspecified atom stereocenters. The van der Waals surface area contributed by atoms with Crippen LogP contribution in [0.3, 0.4) is 0 Å². The predicted octanol–water partition coefficient (Wildman–Crippen LogP) is 0.0760. The maximum atomic E-state index is 11.0. The van der Waals surface area contributed by atoms with Crippen molar-refractivity contribution in [3.63, 3.8) is 0 Å². The molecule has 0 bridgehead atoms. The maximum absolute atomic E-state index is 11.0. The van der Waals surface area contributed by atoms with E-state index < -0.39 is 5.12 Å². The van der Waals surface area contributed by atoms with Gasteiger partial charge in [-0.15, -0.1) is 11.6 Å². The fourth-order valence-corrected chi connectivity index (χ4v) is 1.57. The van der Waals surface area contributed by atoms with E-state index in [0.717, 1.165) is 0 Å². The van der Waals surface area contributed by atoms with E-state index in [1.54, 1.807) is 0 Å². The molecule has 0 saturated heterocycles. The number of carbonyl (C=O) groups excluding carboxylic acids is 1. The molecule has 0 aliphatic carbocycles. The molecule has 1 aliphatic heterocycles. The lowest BCUT2D eigenvalue weighted by Gasteiger charge is -2.19. The molecule has 1 aliphatic rings. The van der Waals surface area contributed by atoms with Gasteiger partial charge in [0.25, 0.3) is 5.12 Å². The minimum atomic E-state index is -1.53.